The molecule has 120 valence electrons. The van der Waals surface area contributed by atoms with E-state index in [-0.39, 0.29) is 6.04 Å². The summed E-state index contributed by atoms with van der Waals surface area (Å²) in [5.41, 5.74) is 0.693. The first-order valence-corrected chi connectivity index (χ1v) is 8.60. The molecule has 0 aromatic heterocycles. The Morgan fingerprint density at radius 3 is 2.91 bits per heavy atom. The molecule has 4 rings (SSSR count). The van der Waals surface area contributed by atoms with Crippen LogP contribution >= 0.6 is 0 Å². The Morgan fingerprint density at radius 2 is 1.95 bits per heavy atom. The maximum absolute atomic E-state index is 11.2. The zero-order valence-electron chi connectivity index (χ0n) is 13.0. The van der Waals surface area contributed by atoms with Crippen LogP contribution in [0.3, 0.4) is 0 Å². The molecule has 1 aromatic carbocycles. The van der Waals surface area contributed by atoms with Crippen LogP contribution in [0.15, 0.2) is 18.2 Å². The topological polar surface area (TPSA) is 50.7 Å². The van der Waals surface area contributed by atoms with Gasteiger partial charge >= 0.3 is 0 Å². The number of ether oxygens (including phenoxy) is 2. The second-order valence-corrected chi connectivity index (χ2v) is 6.99. The SMILES string of the molecule is OC12CCCCC1CCC[C@@H]2NCc1ccc2c(c1)OCO2. The van der Waals surface area contributed by atoms with Crippen molar-refractivity contribution in [2.24, 2.45) is 5.92 Å². The molecular formula is C18H25NO3. The molecule has 2 N–H and O–H groups in total. The first-order chi connectivity index (χ1) is 10.8. The van der Waals surface area contributed by atoms with E-state index in [9.17, 15) is 5.11 Å². The Hall–Kier alpha value is -1.26. The zero-order chi connectivity index (χ0) is 15.0. The number of aliphatic hydroxyl groups is 1. The lowest BCUT2D eigenvalue weighted by Gasteiger charge is -2.49. The van der Waals surface area contributed by atoms with Crippen LogP contribution in [0, 0.1) is 5.92 Å². The van der Waals surface area contributed by atoms with E-state index in [2.05, 4.69) is 11.4 Å². The van der Waals surface area contributed by atoms with Crippen molar-refractivity contribution in [3.63, 3.8) is 0 Å². The third kappa shape index (κ3) is 2.48. The smallest absolute Gasteiger partial charge is 0.231 e. The first kappa shape index (κ1) is 14.3. The molecule has 1 aliphatic heterocycles. The summed E-state index contributed by atoms with van der Waals surface area (Å²) in [7, 11) is 0. The minimum atomic E-state index is -0.493. The van der Waals surface area contributed by atoms with E-state index < -0.39 is 5.60 Å². The number of nitrogens with one attached hydrogen (secondary N) is 1. The van der Waals surface area contributed by atoms with E-state index >= 15 is 0 Å². The minimum absolute atomic E-state index is 0.219. The van der Waals surface area contributed by atoms with Crippen LogP contribution in [-0.4, -0.2) is 23.5 Å². The molecule has 0 amide bonds. The standard InChI is InChI=1S/C18H25NO3/c20-18-9-2-1-4-14(18)5-3-6-17(18)19-11-13-7-8-15-16(10-13)22-12-21-15/h7-8,10,14,17,19-20H,1-6,9,11-12H2/t14?,17-,18?/m0/s1. The average Bonchev–Trinajstić information content (AvgIpc) is 3.00. The van der Waals surface area contributed by atoms with Crippen molar-refractivity contribution in [2.75, 3.05) is 6.79 Å². The summed E-state index contributed by atoms with van der Waals surface area (Å²) in [6, 6.07) is 6.31. The van der Waals surface area contributed by atoms with Crippen LogP contribution in [0.25, 0.3) is 0 Å². The van der Waals surface area contributed by atoms with Crippen molar-refractivity contribution in [1.82, 2.24) is 5.32 Å². The monoisotopic (exact) mass is 303 g/mol. The highest BCUT2D eigenvalue weighted by Crippen LogP contribution is 2.44. The van der Waals surface area contributed by atoms with Crippen molar-refractivity contribution in [2.45, 2.75) is 63.1 Å². The highest BCUT2D eigenvalue weighted by Gasteiger charge is 2.46. The lowest BCUT2D eigenvalue weighted by molar-refractivity contribution is -0.0989. The summed E-state index contributed by atoms with van der Waals surface area (Å²) >= 11 is 0. The number of fused-ring (bicyclic) bond motifs is 2. The van der Waals surface area contributed by atoms with Gasteiger partial charge in [0.2, 0.25) is 6.79 Å². The molecule has 2 aliphatic carbocycles. The lowest BCUT2D eigenvalue weighted by Crippen LogP contribution is -2.58. The van der Waals surface area contributed by atoms with E-state index in [1.807, 2.05) is 12.1 Å². The predicted octanol–water partition coefficient (Wildman–Crippen LogP) is 2.98. The van der Waals surface area contributed by atoms with Gasteiger partial charge in [-0.1, -0.05) is 25.3 Å². The maximum Gasteiger partial charge on any atom is 0.231 e. The molecular weight excluding hydrogens is 278 g/mol. The van der Waals surface area contributed by atoms with Gasteiger partial charge in [0, 0.05) is 12.6 Å². The molecule has 1 aromatic rings. The van der Waals surface area contributed by atoms with Gasteiger partial charge in [-0.2, -0.15) is 0 Å². The summed E-state index contributed by atoms with van der Waals surface area (Å²) < 4.78 is 10.8. The molecule has 2 fully saturated rings. The van der Waals surface area contributed by atoms with E-state index in [4.69, 9.17) is 9.47 Å². The van der Waals surface area contributed by atoms with Crippen LogP contribution in [-0.2, 0) is 6.54 Å². The highest BCUT2D eigenvalue weighted by molar-refractivity contribution is 5.44. The Morgan fingerprint density at radius 1 is 1.09 bits per heavy atom. The second-order valence-electron chi connectivity index (χ2n) is 6.99. The Labute approximate surface area is 131 Å². The molecule has 0 radical (unpaired) electrons. The third-order valence-corrected chi connectivity index (χ3v) is 5.73. The van der Waals surface area contributed by atoms with Gasteiger partial charge in [-0.05, 0) is 49.3 Å². The van der Waals surface area contributed by atoms with E-state index in [1.54, 1.807) is 0 Å². The Balaban J connectivity index is 1.44. The minimum Gasteiger partial charge on any atom is -0.454 e. The van der Waals surface area contributed by atoms with Crippen molar-refractivity contribution in [3.8, 4) is 11.5 Å². The van der Waals surface area contributed by atoms with Crippen LogP contribution < -0.4 is 14.8 Å². The molecule has 0 saturated heterocycles. The van der Waals surface area contributed by atoms with Gasteiger partial charge in [0.25, 0.3) is 0 Å². The summed E-state index contributed by atoms with van der Waals surface area (Å²) in [6.07, 6.45) is 8.09. The van der Waals surface area contributed by atoms with Crippen molar-refractivity contribution >= 4 is 0 Å². The molecule has 3 aliphatic rings. The molecule has 22 heavy (non-hydrogen) atoms. The fraction of sp³-hybridized carbons (Fsp3) is 0.667. The van der Waals surface area contributed by atoms with Crippen molar-refractivity contribution in [3.05, 3.63) is 23.8 Å². The molecule has 4 nitrogen and oxygen atoms in total. The average molecular weight is 303 g/mol. The van der Waals surface area contributed by atoms with Crippen LogP contribution in [0.5, 0.6) is 11.5 Å². The maximum atomic E-state index is 11.2. The molecule has 0 bridgehead atoms. The lowest BCUT2D eigenvalue weighted by atomic mass is 9.65. The van der Waals surface area contributed by atoms with E-state index in [0.29, 0.717) is 12.7 Å². The van der Waals surface area contributed by atoms with Gasteiger partial charge in [0.1, 0.15) is 0 Å². The fourth-order valence-corrected chi connectivity index (χ4v) is 4.50. The molecule has 3 atom stereocenters. The van der Waals surface area contributed by atoms with Gasteiger partial charge in [-0.25, -0.2) is 0 Å². The van der Waals surface area contributed by atoms with Gasteiger partial charge in [-0.3, -0.25) is 0 Å². The van der Waals surface area contributed by atoms with Crippen molar-refractivity contribution in [1.29, 1.82) is 0 Å². The number of hydrogen-bond donors (Lipinski definition) is 2. The summed E-state index contributed by atoms with van der Waals surface area (Å²) in [5, 5.41) is 14.8. The van der Waals surface area contributed by atoms with Gasteiger partial charge < -0.3 is 19.9 Å². The molecule has 0 spiro atoms. The van der Waals surface area contributed by atoms with Gasteiger partial charge in [-0.15, -0.1) is 0 Å². The molecule has 4 heteroatoms. The number of benzene rings is 1. The van der Waals surface area contributed by atoms with Gasteiger partial charge in [0.15, 0.2) is 11.5 Å². The van der Waals surface area contributed by atoms with Crippen molar-refractivity contribution < 1.29 is 14.6 Å². The summed E-state index contributed by atoms with van der Waals surface area (Å²) in [5.74, 6) is 2.15. The third-order valence-electron chi connectivity index (χ3n) is 5.73. The summed E-state index contributed by atoms with van der Waals surface area (Å²) in [6.45, 7) is 1.09. The van der Waals surface area contributed by atoms with Crippen LogP contribution in [0.2, 0.25) is 0 Å². The quantitative estimate of drug-likeness (QED) is 0.901. The normalized spacial score (nSPS) is 33.5. The van der Waals surface area contributed by atoms with Gasteiger partial charge in [0.05, 0.1) is 5.60 Å². The zero-order valence-corrected chi connectivity index (χ0v) is 13.0. The number of hydrogen-bond acceptors (Lipinski definition) is 4. The predicted molar refractivity (Wildman–Crippen MR) is 84.0 cm³/mol. The fourth-order valence-electron chi connectivity index (χ4n) is 4.50. The molecule has 2 unspecified atom stereocenters. The van der Waals surface area contributed by atoms with Crippen LogP contribution in [0.4, 0.5) is 0 Å². The van der Waals surface area contributed by atoms with E-state index in [1.165, 1.54) is 31.2 Å². The molecule has 1 heterocycles. The summed E-state index contributed by atoms with van der Waals surface area (Å²) in [4.78, 5) is 0. The Kier molecular flexibility index (Phi) is 3.74. The first-order valence-electron chi connectivity index (χ1n) is 8.60. The van der Waals surface area contributed by atoms with Crippen LogP contribution in [0.1, 0.15) is 50.5 Å². The Bertz CT molecular complexity index is 545. The highest BCUT2D eigenvalue weighted by atomic mass is 16.7. The number of rotatable bonds is 3. The second kappa shape index (κ2) is 5.74. The largest absolute Gasteiger partial charge is 0.454 e. The van der Waals surface area contributed by atoms with E-state index in [0.717, 1.165) is 37.3 Å². The molecule has 2 saturated carbocycles.